The van der Waals surface area contributed by atoms with Crippen LogP contribution in [0.2, 0.25) is 0 Å². The molecule has 0 aromatic carbocycles. The fourth-order valence-corrected chi connectivity index (χ4v) is 0.258. The molecule has 0 rings (SSSR count). The lowest BCUT2D eigenvalue weighted by molar-refractivity contribution is 0.504. The molecule has 2 nitrogen and oxygen atoms in total. The normalized spacial score (nSPS) is 11.6. The van der Waals surface area contributed by atoms with Crippen molar-refractivity contribution in [2.75, 3.05) is 14.1 Å². The molecular weight excluding hydrogens is 88.1 g/mol. The quantitative estimate of drug-likeness (QED) is 0.515. The molecule has 0 spiro atoms. The van der Waals surface area contributed by atoms with E-state index in [1.807, 2.05) is 32.0 Å². The van der Waals surface area contributed by atoms with Gasteiger partial charge in [-0.2, -0.15) is 0 Å². The van der Waals surface area contributed by atoms with Crippen LogP contribution in [0.1, 0.15) is 6.92 Å². The van der Waals surface area contributed by atoms with Crippen LogP contribution in [-0.4, -0.2) is 19.0 Å². The minimum absolute atomic E-state index is 0.806. The Morgan fingerprint density at radius 3 is 2.00 bits per heavy atom. The summed E-state index contributed by atoms with van der Waals surface area (Å²) < 4.78 is 0. The van der Waals surface area contributed by atoms with E-state index in [2.05, 4.69) is 0 Å². The van der Waals surface area contributed by atoms with Crippen molar-refractivity contribution in [3.05, 3.63) is 11.9 Å². The summed E-state index contributed by atoms with van der Waals surface area (Å²) in [5, 5.41) is 0. The van der Waals surface area contributed by atoms with Crippen LogP contribution in [0.15, 0.2) is 11.9 Å². The van der Waals surface area contributed by atoms with E-state index < -0.39 is 0 Å². The standard InChI is InChI=1S/C5H12N2/c1-4-5(6)7(2)3/h4H,6H2,1-3H3. The maximum atomic E-state index is 5.40. The Morgan fingerprint density at radius 2 is 2.00 bits per heavy atom. The van der Waals surface area contributed by atoms with Crippen LogP contribution >= 0.6 is 0 Å². The summed E-state index contributed by atoms with van der Waals surface area (Å²) >= 11 is 0. The third kappa shape index (κ3) is 2.09. The van der Waals surface area contributed by atoms with Crippen molar-refractivity contribution in [1.29, 1.82) is 0 Å². The van der Waals surface area contributed by atoms with E-state index in [0.29, 0.717) is 0 Å². The zero-order chi connectivity index (χ0) is 5.86. The van der Waals surface area contributed by atoms with Gasteiger partial charge in [0.15, 0.2) is 0 Å². The molecule has 0 aliphatic rings. The van der Waals surface area contributed by atoms with Crippen LogP contribution in [0.3, 0.4) is 0 Å². The van der Waals surface area contributed by atoms with E-state index in [4.69, 9.17) is 5.73 Å². The lowest BCUT2D eigenvalue weighted by Gasteiger charge is -2.09. The highest BCUT2D eigenvalue weighted by Gasteiger charge is 1.83. The predicted octanol–water partition coefficient (Wildman–Crippen LogP) is 0.368. The van der Waals surface area contributed by atoms with Crippen molar-refractivity contribution < 1.29 is 0 Å². The first-order valence-electron chi connectivity index (χ1n) is 2.27. The number of hydrogen-bond donors (Lipinski definition) is 1. The Bertz CT molecular complexity index is 74.1. The second kappa shape index (κ2) is 2.50. The van der Waals surface area contributed by atoms with Gasteiger partial charge < -0.3 is 10.6 Å². The molecule has 0 aromatic heterocycles. The maximum Gasteiger partial charge on any atom is 0.0937 e. The van der Waals surface area contributed by atoms with Crippen molar-refractivity contribution >= 4 is 0 Å². The van der Waals surface area contributed by atoms with E-state index >= 15 is 0 Å². The van der Waals surface area contributed by atoms with Crippen molar-refractivity contribution in [3.63, 3.8) is 0 Å². The first-order valence-corrected chi connectivity index (χ1v) is 2.27. The Kier molecular flexibility index (Phi) is 2.27. The van der Waals surface area contributed by atoms with Crippen LogP contribution in [-0.2, 0) is 0 Å². The monoisotopic (exact) mass is 100 g/mol. The number of hydrogen-bond acceptors (Lipinski definition) is 2. The minimum Gasteiger partial charge on any atom is -0.386 e. The summed E-state index contributed by atoms with van der Waals surface area (Å²) in [7, 11) is 3.82. The fraction of sp³-hybridized carbons (Fsp3) is 0.600. The van der Waals surface area contributed by atoms with Crippen molar-refractivity contribution in [1.82, 2.24) is 4.90 Å². The molecule has 0 radical (unpaired) electrons. The molecule has 0 atom stereocenters. The summed E-state index contributed by atoms with van der Waals surface area (Å²) in [6.07, 6.45) is 1.86. The first kappa shape index (κ1) is 6.34. The molecule has 0 heterocycles. The molecular formula is C5H12N2. The van der Waals surface area contributed by atoms with E-state index in [9.17, 15) is 0 Å². The molecule has 0 aliphatic heterocycles. The van der Waals surface area contributed by atoms with E-state index in [-0.39, 0.29) is 0 Å². The SMILES string of the molecule is CC=C(N)N(C)C. The van der Waals surface area contributed by atoms with Crippen LogP contribution < -0.4 is 5.73 Å². The van der Waals surface area contributed by atoms with Crippen LogP contribution in [0.5, 0.6) is 0 Å². The van der Waals surface area contributed by atoms with Gasteiger partial charge in [0, 0.05) is 14.1 Å². The molecule has 0 fully saturated rings. The van der Waals surface area contributed by atoms with Gasteiger partial charge in [0.2, 0.25) is 0 Å². The summed E-state index contributed by atoms with van der Waals surface area (Å²) in [6.45, 7) is 1.91. The minimum atomic E-state index is 0.806. The van der Waals surface area contributed by atoms with Gasteiger partial charge in [-0.3, -0.25) is 0 Å². The molecule has 0 saturated carbocycles. The van der Waals surface area contributed by atoms with Crippen molar-refractivity contribution in [2.45, 2.75) is 6.92 Å². The molecule has 2 N–H and O–H groups in total. The zero-order valence-electron chi connectivity index (χ0n) is 5.10. The van der Waals surface area contributed by atoms with Gasteiger partial charge in [0.25, 0.3) is 0 Å². The van der Waals surface area contributed by atoms with E-state index in [0.717, 1.165) is 5.82 Å². The average Bonchev–Trinajstić information content (AvgIpc) is 1.65. The highest BCUT2D eigenvalue weighted by atomic mass is 15.1. The lowest BCUT2D eigenvalue weighted by atomic mass is 10.6. The number of nitrogens with zero attached hydrogens (tertiary/aromatic N) is 1. The van der Waals surface area contributed by atoms with Gasteiger partial charge in [0.05, 0.1) is 5.82 Å². The average molecular weight is 100 g/mol. The predicted molar refractivity (Wildman–Crippen MR) is 31.6 cm³/mol. The van der Waals surface area contributed by atoms with Crippen LogP contribution in [0, 0.1) is 0 Å². The first-order chi connectivity index (χ1) is 3.18. The Labute approximate surface area is 44.6 Å². The molecule has 0 bridgehead atoms. The van der Waals surface area contributed by atoms with Gasteiger partial charge in [-0.05, 0) is 13.0 Å². The van der Waals surface area contributed by atoms with Crippen LogP contribution in [0.25, 0.3) is 0 Å². The summed E-state index contributed by atoms with van der Waals surface area (Å²) in [5.41, 5.74) is 5.40. The largest absolute Gasteiger partial charge is 0.386 e. The van der Waals surface area contributed by atoms with Crippen molar-refractivity contribution in [2.24, 2.45) is 5.73 Å². The van der Waals surface area contributed by atoms with E-state index in [1.54, 1.807) is 0 Å². The molecule has 0 amide bonds. The summed E-state index contributed by atoms with van der Waals surface area (Å²) in [4.78, 5) is 1.86. The summed E-state index contributed by atoms with van der Waals surface area (Å²) in [6, 6.07) is 0. The number of rotatable bonds is 1. The molecule has 2 heteroatoms. The molecule has 0 aliphatic carbocycles. The smallest absolute Gasteiger partial charge is 0.0937 e. The second-order valence-electron chi connectivity index (χ2n) is 1.61. The summed E-state index contributed by atoms with van der Waals surface area (Å²) in [5.74, 6) is 0.806. The van der Waals surface area contributed by atoms with Gasteiger partial charge in [-0.1, -0.05) is 0 Å². The molecule has 0 saturated heterocycles. The molecule has 42 valence electrons. The van der Waals surface area contributed by atoms with Gasteiger partial charge in [-0.25, -0.2) is 0 Å². The van der Waals surface area contributed by atoms with E-state index in [1.165, 1.54) is 0 Å². The Hall–Kier alpha value is -0.660. The highest BCUT2D eigenvalue weighted by Crippen LogP contribution is 1.83. The fourth-order valence-electron chi connectivity index (χ4n) is 0.258. The van der Waals surface area contributed by atoms with Gasteiger partial charge in [0.1, 0.15) is 0 Å². The highest BCUT2D eigenvalue weighted by molar-refractivity contribution is 4.89. The number of nitrogens with two attached hydrogens (primary N) is 1. The molecule has 0 aromatic rings. The second-order valence-corrected chi connectivity index (χ2v) is 1.61. The Morgan fingerprint density at radius 1 is 1.57 bits per heavy atom. The molecule has 7 heavy (non-hydrogen) atoms. The van der Waals surface area contributed by atoms with Crippen LogP contribution in [0.4, 0.5) is 0 Å². The molecule has 0 unspecified atom stereocenters. The maximum absolute atomic E-state index is 5.40. The van der Waals surface area contributed by atoms with Crippen molar-refractivity contribution in [3.8, 4) is 0 Å². The topological polar surface area (TPSA) is 29.3 Å². The zero-order valence-corrected chi connectivity index (χ0v) is 5.10. The number of allylic oxidation sites excluding steroid dienone is 1. The van der Waals surface area contributed by atoms with Gasteiger partial charge >= 0.3 is 0 Å². The Balaban J connectivity index is 3.56. The lowest BCUT2D eigenvalue weighted by Crippen LogP contribution is -2.17. The third-order valence-corrected chi connectivity index (χ3v) is 0.812. The van der Waals surface area contributed by atoms with Gasteiger partial charge in [-0.15, -0.1) is 0 Å². The third-order valence-electron chi connectivity index (χ3n) is 0.812.